The van der Waals surface area contributed by atoms with E-state index in [1.54, 1.807) is 0 Å². The molecule has 20 heavy (non-hydrogen) atoms. The van der Waals surface area contributed by atoms with E-state index in [0.29, 0.717) is 5.57 Å². The van der Waals surface area contributed by atoms with Crippen molar-refractivity contribution in [2.24, 2.45) is 0 Å². The Bertz CT molecular complexity index is 592. The van der Waals surface area contributed by atoms with E-state index in [4.69, 9.17) is 5.26 Å². The Balaban J connectivity index is 2.52. The average Bonchev–Trinajstić information content (AvgIpc) is 2.49. The van der Waals surface area contributed by atoms with Crippen LogP contribution in [0.5, 0.6) is 0 Å². The Morgan fingerprint density at radius 3 is 2.50 bits per heavy atom. The van der Waals surface area contributed by atoms with Crippen LogP contribution in [0.2, 0.25) is 0 Å². The summed E-state index contributed by atoms with van der Waals surface area (Å²) >= 11 is 3.42. The summed E-state index contributed by atoms with van der Waals surface area (Å²) in [6.07, 6.45) is -0.841. The quantitative estimate of drug-likeness (QED) is 0.642. The molecule has 0 bridgehead atoms. The molecule has 0 saturated carbocycles. The number of hydrogen-bond acceptors (Lipinski definition) is 3. The summed E-state index contributed by atoms with van der Waals surface area (Å²) in [6.45, 7) is 3.59. The molecule has 3 nitrogen and oxygen atoms in total. The van der Waals surface area contributed by atoms with Gasteiger partial charge in [-0.3, -0.25) is 5.26 Å². The van der Waals surface area contributed by atoms with Crippen LogP contribution in [-0.4, -0.2) is 23.1 Å². The van der Waals surface area contributed by atoms with E-state index >= 15 is 0 Å². The zero-order valence-electron chi connectivity index (χ0n) is 10.8. The van der Waals surface area contributed by atoms with Crippen LogP contribution in [0.15, 0.2) is 59.6 Å². The van der Waals surface area contributed by atoms with Crippen LogP contribution in [0, 0.1) is 0 Å². The summed E-state index contributed by atoms with van der Waals surface area (Å²) < 4.78 is 0.892. The number of hydrogen-bond donors (Lipinski definition) is 2. The Kier molecular flexibility index (Phi) is 5.09. The van der Waals surface area contributed by atoms with Crippen LogP contribution in [0.4, 0.5) is 0 Å². The molecule has 0 spiro atoms. The number of benzene rings is 2. The lowest BCUT2D eigenvalue weighted by Crippen LogP contribution is -2.17. The van der Waals surface area contributed by atoms with E-state index < -0.39 is 6.10 Å². The van der Waals surface area contributed by atoms with Gasteiger partial charge in [-0.2, -0.15) is 0 Å². The second-order valence-electron chi connectivity index (χ2n) is 4.36. The van der Waals surface area contributed by atoms with Crippen LogP contribution in [0.25, 0.3) is 16.7 Å². The summed E-state index contributed by atoms with van der Waals surface area (Å²) in [5.41, 5.74) is 3.34. The molecular formula is C16H15BrO3. The lowest BCUT2D eigenvalue weighted by atomic mass is 9.93. The van der Waals surface area contributed by atoms with Crippen LogP contribution in [0.3, 0.4) is 0 Å². The molecule has 0 saturated heterocycles. The maximum absolute atomic E-state index is 9.23. The van der Waals surface area contributed by atoms with Gasteiger partial charge in [-0.1, -0.05) is 58.9 Å². The fourth-order valence-corrected chi connectivity index (χ4v) is 2.39. The molecule has 104 valence electrons. The summed E-state index contributed by atoms with van der Waals surface area (Å²) in [5.74, 6) is 0. The molecule has 0 amide bonds. The zero-order chi connectivity index (χ0) is 14.5. The minimum absolute atomic E-state index is 0.337. The number of halogens is 1. The SMILES string of the molecule is C=C(c1cc(Br)ccc1-c1ccccc1)C(CO)OO. The van der Waals surface area contributed by atoms with Gasteiger partial charge >= 0.3 is 0 Å². The van der Waals surface area contributed by atoms with Crippen molar-refractivity contribution in [1.29, 1.82) is 0 Å². The van der Waals surface area contributed by atoms with Crippen molar-refractivity contribution in [2.75, 3.05) is 6.61 Å². The second-order valence-corrected chi connectivity index (χ2v) is 5.27. The lowest BCUT2D eigenvalue weighted by molar-refractivity contribution is -0.268. The summed E-state index contributed by atoms with van der Waals surface area (Å²) in [6, 6.07) is 15.6. The average molecular weight is 335 g/mol. The highest BCUT2D eigenvalue weighted by Crippen LogP contribution is 2.32. The van der Waals surface area contributed by atoms with Gasteiger partial charge in [0.05, 0.1) is 6.61 Å². The van der Waals surface area contributed by atoms with Gasteiger partial charge in [0, 0.05) is 4.47 Å². The van der Waals surface area contributed by atoms with E-state index in [9.17, 15) is 5.11 Å². The third-order valence-corrected chi connectivity index (χ3v) is 3.59. The fraction of sp³-hybridized carbons (Fsp3) is 0.125. The molecular weight excluding hydrogens is 320 g/mol. The van der Waals surface area contributed by atoms with E-state index in [1.807, 2.05) is 48.5 Å². The van der Waals surface area contributed by atoms with Gasteiger partial charge in [-0.05, 0) is 34.4 Å². The Hall–Kier alpha value is -1.46. The van der Waals surface area contributed by atoms with Crippen LogP contribution >= 0.6 is 15.9 Å². The summed E-state index contributed by atoms with van der Waals surface area (Å²) in [7, 11) is 0. The van der Waals surface area contributed by atoms with E-state index in [1.165, 1.54) is 0 Å². The van der Waals surface area contributed by atoms with E-state index in [0.717, 1.165) is 21.2 Å². The molecule has 0 aliphatic heterocycles. The summed E-state index contributed by atoms with van der Waals surface area (Å²) in [4.78, 5) is 4.28. The zero-order valence-corrected chi connectivity index (χ0v) is 12.4. The molecule has 0 aliphatic rings. The molecule has 1 unspecified atom stereocenters. The van der Waals surface area contributed by atoms with Crippen molar-refractivity contribution in [1.82, 2.24) is 0 Å². The predicted octanol–water partition coefficient (Wildman–Crippen LogP) is 3.98. The molecule has 0 radical (unpaired) electrons. The van der Waals surface area contributed by atoms with Crippen molar-refractivity contribution in [3.63, 3.8) is 0 Å². The highest BCUT2D eigenvalue weighted by atomic mass is 79.9. The molecule has 0 fully saturated rings. The second kappa shape index (κ2) is 6.81. The number of aliphatic hydroxyl groups excluding tert-OH is 1. The fourth-order valence-electron chi connectivity index (χ4n) is 2.03. The molecule has 4 heteroatoms. The molecule has 0 aromatic heterocycles. The lowest BCUT2D eigenvalue weighted by Gasteiger charge is -2.18. The normalized spacial score (nSPS) is 12.2. The minimum Gasteiger partial charge on any atom is -0.393 e. The van der Waals surface area contributed by atoms with E-state index in [2.05, 4.69) is 27.4 Å². The maximum atomic E-state index is 9.23. The highest BCUT2D eigenvalue weighted by Gasteiger charge is 2.17. The van der Waals surface area contributed by atoms with Gasteiger partial charge in [0.2, 0.25) is 0 Å². The molecule has 1 atom stereocenters. The smallest absolute Gasteiger partial charge is 0.141 e. The topological polar surface area (TPSA) is 49.7 Å². The Labute approximate surface area is 126 Å². The first-order chi connectivity index (χ1) is 9.67. The highest BCUT2D eigenvalue weighted by molar-refractivity contribution is 9.10. The largest absolute Gasteiger partial charge is 0.393 e. The van der Waals surface area contributed by atoms with Gasteiger partial charge in [0.1, 0.15) is 6.10 Å². The number of rotatable bonds is 5. The summed E-state index contributed by atoms with van der Waals surface area (Å²) in [5, 5.41) is 18.1. The van der Waals surface area contributed by atoms with Gasteiger partial charge in [-0.25, -0.2) is 4.89 Å². The van der Waals surface area contributed by atoms with Gasteiger partial charge in [-0.15, -0.1) is 0 Å². The molecule has 0 heterocycles. The predicted molar refractivity (Wildman–Crippen MR) is 83.2 cm³/mol. The van der Waals surface area contributed by atoms with Crippen LogP contribution in [0.1, 0.15) is 5.56 Å². The third kappa shape index (κ3) is 3.16. The molecule has 2 aromatic rings. The van der Waals surface area contributed by atoms with Gasteiger partial charge in [0.15, 0.2) is 0 Å². The monoisotopic (exact) mass is 334 g/mol. The maximum Gasteiger partial charge on any atom is 0.141 e. The first-order valence-electron chi connectivity index (χ1n) is 6.12. The van der Waals surface area contributed by atoms with Gasteiger partial charge in [0.25, 0.3) is 0 Å². The first kappa shape index (κ1) is 14.9. The van der Waals surface area contributed by atoms with Crippen molar-refractivity contribution >= 4 is 21.5 Å². The van der Waals surface area contributed by atoms with Crippen molar-refractivity contribution in [2.45, 2.75) is 6.10 Å². The van der Waals surface area contributed by atoms with Crippen LogP contribution in [-0.2, 0) is 4.89 Å². The van der Waals surface area contributed by atoms with E-state index in [-0.39, 0.29) is 6.61 Å². The van der Waals surface area contributed by atoms with Crippen molar-refractivity contribution in [3.05, 3.63) is 65.1 Å². The molecule has 2 aromatic carbocycles. The number of aliphatic hydroxyl groups is 1. The molecule has 2 rings (SSSR count). The molecule has 0 aliphatic carbocycles. The molecule has 2 N–H and O–H groups in total. The van der Waals surface area contributed by atoms with Crippen molar-refractivity contribution in [3.8, 4) is 11.1 Å². The Morgan fingerprint density at radius 2 is 1.90 bits per heavy atom. The third-order valence-electron chi connectivity index (χ3n) is 3.09. The van der Waals surface area contributed by atoms with Crippen molar-refractivity contribution < 1.29 is 15.3 Å². The Morgan fingerprint density at radius 1 is 1.20 bits per heavy atom. The first-order valence-corrected chi connectivity index (χ1v) is 6.92. The van der Waals surface area contributed by atoms with Crippen LogP contribution < -0.4 is 0 Å². The standard InChI is InChI=1S/C16H15BrO3/c1-11(16(10-18)20-19)15-9-13(17)7-8-14(15)12-5-3-2-4-6-12/h2-9,16,18-19H,1,10H2. The minimum atomic E-state index is -0.841. The van der Waals surface area contributed by atoms with Gasteiger partial charge < -0.3 is 5.11 Å².